The number of carbonyl (C=O) groups is 1. The molecule has 1 aliphatic heterocycles. The molecule has 0 bridgehead atoms. The SMILES string of the molecule is CC(=O)N[C@@H](C)Cc1ccc(OC2CNC2)cc1. The third-order valence-corrected chi connectivity index (χ3v) is 2.96. The van der Waals surface area contributed by atoms with Crippen LogP contribution >= 0.6 is 0 Å². The first-order valence-electron chi connectivity index (χ1n) is 6.37. The van der Waals surface area contributed by atoms with E-state index < -0.39 is 0 Å². The maximum atomic E-state index is 10.9. The third kappa shape index (κ3) is 3.74. The summed E-state index contributed by atoms with van der Waals surface area (Å²) >= 11 is 0. The molecule has 1 fully saturated rings. The molecule has 98 valence electrons. The van der Waals surface area contributed by atoms with E-state index in [4.69, 9.17) is 4.74 Å². The molecule has 1 saturated heterocycles. The van der Waals surface area contributed by atoms with E-state index >= 15 is 0 Å². The van der Waals surface area contributed by atoms with Crippen LogP contribution in [-0.4, -0.2) is 31.1 Å². The van der Waals surface area contributed by atoms with Crippen LogP contribution in [0.3, 0.4) is 0 Å². The van der Waals surface area contributed by atoms with Crippen molar-refractivity contribution in [3.8, 4) is 5.75 Å². The normalized spacial score (nSPS) is 16.8. The van der Waals surface area contributed by atoms with E-state index in [0.717, 1.165) is 25.3 Å². The number of benzene rings is 1. The molecule has 0 radical (unpaired) electrons. The predicted molar refractivity (Wildman–Crippen MR) is 70.7 cm³/mol. The number of nitrogens with one attached hydrogen (secondary N) is 2. The van der Waals surface area contributed by atoms with Crippen molar-refractivity contribution >= 4 is 5.91 Å². The Morgan fingerprint density at radius 2 is 2.11 bits per heavy atom. The smallest absolute Gasteiger partial charge is 0.217 e. The van der Waals surface area contributed by atoms with Crippen LogP contribution in [-0.2, 0) is 11.2 Å². The molecule has 0 unspecified atom stereocenters. The van der Waals surface area contributed by atoms with Crippen molar-refractivity contribution < 1.29 is 9.53 Å². The summed E-state index contributed by atoms with van der Waals surface area (Å²) in [6.45, 7) is 5.41. The zero-order valence-electron chi connectivity index (χ0n) is 10.9. The van der Waals surface area contributed by atoms with Gasteiger partial charge in [0.05, 0.1) is 0 Å². The van der Waals surface area contributed by atoms with Crippen molar-refractivity contribution in [2.45, 2.75) is 32.4 Å². The zero-order chi connectivity index (χ0) is 13.0. The summed E-state index contributed by atoms with van der Waals surface area (Å²) in [5.74, 6) is 0.928. The van der Waals surface area contributed by atoms with E-state index in [1.54, 1.807) is 6.92 Å². The average Bonchev–Trinajstić information content (AvgIpc) is 2.24. The van der Waals surface area contributed by atoms with Gasteiger partial charge in [-0.25, -0.2) is 0 Å². The molecule has 0 aromatic heterocycles. The summed E-state index contributed by atoms with van der Waals surface area (Å²) in [6, 6.07) is 8.26. The van der Waals surface area contributed by atoms with Crippen LogP contribution in [0.25, 0.3) is 0 Å². The van der Waals surface area contributed by atoms with Crippen molar-refractivity contribution in [3.63, 3.8) is 0 Å². The Morgan fingerprint density at radius 1 is 1.44 bits per heavy atom. The molecular weight excluding hydrogens is 228 g/mol. The van der Waals surface area contributed by atoms with Crippen molar-refractivity contribution in [2.75, 3.05) is 13.1 Å². The largest absolute Gasteiger partial charge is 0.488 e. The number of ether oxygens (including phenoxy) is 1. The van der Waals surface area contributed by atoms with E-state index in [0.29, 0.717) is 6.10 Å². The second kappa shape index (κ2) is 5.87. The van der Waals surface area contributed by atoms with Gasteiger partial charge in [0.15, 0.2) is 0 Å². The summed E-state index contributed by atoms with van der Waals surface area (Å²) in [5, 5.41) is 6.05. The van der Waals surface area contributed by atoms with E-state index in [1.807, 2.05) is 19.1 Å². The van der Waals surface area contributed by atoms with Gasteiger partial charge in [0.25, 0.3) is 0 Å². The second-order valence-corrected chi connectivity index (χ2v) is 4.85. The summed E-state index contributed by atoms with van der Waals surface area (Å²) in [6.07, 6.45) is 1.15. The summed E-state index contributed by atoms with van der Waals surface area (Å²) in [5.41, 5.74) is 1.20. The highest BCUT2D eigenvalue weighted by Gasteiger charge is 2.17. The first-order chi connectivity index (χ1) is 8.63. The molecule has 1 amide bonds. The minimum atomic E-state index is 0.0138. The summed E-state index contributed by atoms with van der Waals surface area (Å²) in [4.78, 5) is 10.9. The monoisotopic (exact) mass is 248 g/mol. The molecule has 1 aliphatic rings. The predicted octanol–water partition coefficient (Wildman–Crippen LogP) is 1.10. The van der Waals surface area contributed by atoms with Crippen molar-refractivity contribution in [3.05, 3.63) is 29.8 Å². The van der Waals surface area contributed by atoms with Crippen molar-refractivity contribution in [1.82, 2.24) is 10.6 Å². The van der Waals surface area contributed by atoms with Crippen LogP contribution < -0.4 is 15.4 Å². The van der Waals surface area contributed by atoms with Crippen LogP contribution in [0.5, 0.6) is 5.75 Å². The molecule has 18 heavy (non-hydrogen) atoms. The third-order valence-electron chi connectivity index (χ3n) is 2.96. The second-order valence-electron chi connectivity index (χ2n) is 4.85. The van der Waals surface area contributed by atoms with Crippen LogP contribution in [0.4, 0.5) is 0 Å². The molecule has 4 heteroatoms. The van der Waals surface area contributed by atoms with Gasteiger partial charge < -0.3 is 15.4 Å². The lowest BCUT2D eigenvalue weighted by Crippen LogP contribution is -2.50. The first-order valence-corrected chi connectivity index (χ1v) is 6.37. The highest BCUT2D eigenvalue weighted by Crippen LogP contribution is 2.16. The van der Waals surface area contributed by atoms with Crippen LogP contribution in [0.15, 0.2) is 24.3 Å². The molecule has 2 N–H and O–H groups in total. The Bertz CT molecular complexity index is 399. The first kappa shape index (κ1) is 12.9. The molecule has 2 rings (SSSR count). The Labute approximate surface area is 108 Å². The molecule has 1 aromatic rings. The number of amides is 1. The van der Waals surface area contributed by atoms with Gasteiger partial charge >= 0.3 is 0 Å². The fourth-order valence-corrected chi connectivity index (χ4v) is 1.99. The average molecular weight is 248 g/mol. The standard InChI is InChI=1S/C14H20N2O2/c1-10(16-11(2)17)7-12-3-5-13(6-4-12)18-14-8-15-9-14/h3-6,10,14-15H,7-9H2,1-2H3,(H,16,17)/t10-/m0/s1. The maximum absolute atomic E-state index is 10.9. The van der Waals surface area contributed by atoms with E-state index in [-0.39, 0.29) is 11.9 Å². The van der Waals surface area contributed by atoms with Gasteiger partial charge in [-0.1, -0.05) is 12.1 Å². The summed E-state index contributed by atoms with van der Waals surface area (Å²) in [7, 11) is 0. The number of rotatable bonds is 5. The Kier molecular flexibility index (Phi) is 4.20. The van der Waals surface area contributed by atoms with Crippen LogP contribution in [0.2, 0.25) is 0 Å². The van der Waals surface area contributed by atoms with Gasteiger partial charge in [0.2, 0.25) is 5.91 Å². The van der Waals surface area contributed by atoms with Gasteiger partial charge in [-0.3, -0.25) is 4.79 Å². The van der Waals surface area contributed by atoms with Crippen LogP contribution in [0.1, 0.15) is 19.4 Å². The van der Waals surface area contributed by atoms with Gasteiger partial charge in [0.1, 0.15) is 11.9 Å². The molecule has 0 aliphatic carbocycles. The molecule has 0 saturated carbocycles. The van der Waals surface area contributed by atoms with Crippen molar-refractivity contribution in [1.29, 1.82) is 0 Å². The Hall–Kier alpha value is -1.55. The lowest BCUT2D eigenvalue weighted by Gasteiger charge is -2.27. The lowest BCUT2D eigenvalue weighted by atomic mass is 10.1. The minimum Gasteiger partial charge on any atom is -0.488 e. The topological polar surface area (TPSA) is 50.4 Å². The molecule has 1 atom stereocenters. The molecule has 1 heterocycles. The quantitative estimate of drug-likeness (QED) is 0.820. The summed E-state index contributed by atoms with van der Waals surface area (Å²) < 4.78 is 5.74. The molecule has 4 nitrogen and oxygen atoms in total. The molecule has 0 spiro atoms. The number of hydrogen-bond acceptors (Lipinski definition) is 3. The Morgan fingerprint density at radius 3 is 2.61 bits per heavy atom. The van der Waals surface area contributed by atoms with Gasteiger partial charge in [0, 0.05) is 26.1 Å². The van der Waals surface area contributed by atoms with Gasteiger partial charge in [-0.2, -0.15) is 0 Å². The highest BCUT2D eigenvalue weighted by molar-refractivity contribution is 5.73. The lowest BCUT2D eigenvalue weighted by molar-refractivity contribution is -0.119. The van der Waals surface area contributed by atoms with E-state index in [9.17, 15) is 4.79 Å². The van der Waals surface area contributed by atoms with Crippen molar-refractivity contribution in [2.24, 2.45) is 0 Å². The molecular formula is C14H20N2O2. The zero-order valence-corrected chi connectivity index (χ0v) is 10.9. The van der Waals surface area contributed by atoms with E-state index in [1.165, 1.54) is 5.56 Å². The van der Waals surface area contributed by atoms with Gasteiger partial charge in [-0.15, -0.1) is 0 Å². The Balaban J connectivity index is 1.84. The van der Waals surface area contributed by atoms with Crippen LogP contribution in [0, 0.1) is 0 Å². The van der Waals surface area contributed by atoms with Gasteiger partial charge in [-0.05, 0) is 31.0 Å². The van der Waals surface area contributed by atoms with E-state index in [2.05, 4.69) is 22.8 Å². The fourth-order valence-electron chi connectivity index (χ4n) is 1.99. The minimum absolute atomic E-state index is 0.0138. The maximum Gasteiger partial charge on any atom is 0.217 e. The number of hydrogen-bond donors (Lipinski definition) is 2. The molecule has 1 aromatic carbocycles. The number of carbonyl (C=O) groups excluding carboxylic acids is 1. The highest BCUT2D eigenvalue weighted by atomic mass is 16.5. The fraction of sp³-hybridized carbons (Fsp3) is 0.500.